The van der Waals surface area contributed by atoms with Crippen molar-refractivity contribution in [2.75, 3.05) is 26.2 Å². The van der Waals surface area contributed by atoms with Gasteiger partial charge in [-0.3, -0.25) is 0 Å². The van der Waals surface area contributed by atoms with Crippen LogP contribution in [0.25, 0.3) is 0 Å². The third-order valence-electron chi connectivity index (χ3n) is 3.61. The van der Waals surface area contributed by atoms with Gasteiger partial charge < -0.3 is 9.13 Å². The van der Waals surface area contributed by atoms with E-state index in [4.69, 9.17) is 0 Å². The predicted octanol–water partition coefficient (Wildman–Crippen LogP) is 0.464. The first kappa shape index (κ1) is 5.74. The Bertz CT molecular complexity index is 145. The quantitative estimate of drug-likeness (QED) is 0.468. The van der Waals surface area contributed by atoms with Crippen molar-refractivity contribution in [2.45, 2.75) is 18.5 Å². The van der Waals surface area contributed by atoms with Crippen molar-refractivity contribution in [1.82, 2.24) is 9.13 Å². The smallest absolute Gasteiger partial charge is 0.206 e. The topological polar surface area (TPSA) is 6.48 Å². The molecule has 3 aliphatic rings. The summed E-state index contributed by atoms with van der Waals surface area (Å²) >= 11 is 0. The summed E-state index contributed by atoms with van der Waals surface area (Å²) in [7, 11) is -0.809. The maximum Gasteiger partial charge on any atom is 0.206 e. The van der Waals surface area contributed by atoms with Gasteiger partial charge in [0.05, 0.1) is 0 Å². The van der Waals surface area contributed by atoms with Crippen LogP contribution in [-0.4, -0.2) is 43.7 Å². The molecule has 3 saturated heterocycles. The van der Waals surface area contributed by atoms with Gasteiger partial charge in [0.25, 0.3) is 0 Å². The maximum atomic E-state index is 2.83. The minimum absolute atomic E-state index is 0.809. The van der Waals surface area contributed by atoms with E-state index in [1.165, 1.54) is 32.6 Å². The van der Waals surface area contributed by atoms with Crippen LogP contribution in [0.3, 0.4) is 0 Å². The first-order chi connectivity index (χ1) is 4.92. The summed E-state index contributed by atoms with van der Waals surface area (Å²) in [5.41, 5.74) is 0. The molecule has 56 valence electrons. The second-order valence-electron chi connectivity index (χ2n) is 3.81. The Balaban J connectivity index is 1.96. The molecule has 0 saturated carbocycles. The van der Waals surface area contributed by atoms with Crippen LogP contribution in [0.1, 0.15) is 6.42 Å². The summed E-state index contributed by atoms with van der Waals surface area (Å²) in [5, 5.41) is 0. The molecule has 0 aromatic carbocycles. The number of piperazine rings is 1. The first-order valence-corrected chi connectivity index (χ1v) is 6.73. The molecular formula is C7H14N2Si. The van der Waals surface area contributed by atoms with Gasteiger partial charge >= 0.3 is 0 Å². The van der Waals surface area contributed by atoms with Crippen molar-refractivity contribution in [3.63, 3.8) is 0 Å². The molecule has 1 spiro atoms. The Hall–Kier alpha value is 0.137. The molecule has 0 aromatic rings. The Morgan fingerprint density at radius 1 is 0.800 bits per heavy atom. The van der Waals surface area contributed by atoms with Crippen molar-refractivity contribution >= 4 is 8.40 Å². The molecule has 2 bridgehead atoms. The monoisotopic (exact) mass is 154 g/mol. The van der Waals surface area contributed by atoms with Crippen molar-refractivity contribution < 1.29 is 0 Å². The van der Waals surface area contributed by atoms with Crippen LogP contribution in [0.2, 0.25) is 12.1 Å². The van der Waals surface area contributed by atoms with Crippen molar-refractivity contribution in [3.05, 3.63) is 0 Å². The zero-order valence-corrected chi connectivity index (χ0v) is 7.34. The molecule has 0 amide bonds. The van der Waals surface area contributed by atoms with Crippen LogP contribution >= 0.6 is 0 Å². The number of rotatable bonds is 0. The van der Waals surface area contributed by atoms with Crippen LogP contribution < -0.4 is 0 Å². The van der Waals surface area contributed by atoms with Gasteiger partial charge in [0.1, 0.15) is 0 Å². The molecule has 3 aliphatic heterocycles. The minimum atomic E-state index is -0.809. The van der Waals surface area contributed by atoms with Gasteiger partial charge in [-0.05, 0) is 12.1 Å². The molecule has 2 nitrogen and oxygen atoms in total. The lowest BCUT2D eigenvalue weighted by atomic mass is 10.4. The summed E-state index contributed by atoms with van der Waals surface area (Å²) in [5.74, 6) is 0. The second kappa shape index (κ2) is 1.65. The summed E-state index contributed by atoms with van der Waals surface area (Å²) in [6.45, 7) is 5.64. The summed E-state index contributed by atoms with van der Waals surface area (Å²) in [6, 6.07) is 3.18. The van der Waals surface area contributed by atoms with Crippen LogP contribution in [0, 0.1) is 0 Å². The molecule has 0 radical (unpaired) electrons. The van der Waals surface area contributed by atoms with Crippen molar-refractivity contribution in [1.29, 1.82) is 0 Å². The van der Waals surface area contributed by atoms with E-state index in [1.807, 2.05) is 0 Å². The summed E-state index contributed by atoms with van der Waals surface area (Å²) < 4.78 is 5.66. The largest absolute Gasteiger partial charge is 0.309 e. The molecule has 0 atom stereocenters. The molecule has 3 rings (SSSR count). The lowest BCUT2D eigenvalue weighted by Crippen LogP contribution is -2.57. The normalized spacial score (nSPS) is 48.0. The minimum Gasteiger partial charge on any atom is -0.309 e. The van der Waals surface area contributed by atoms with Gasteiger partial charge in [-0.15, -0.1) is 0 Å². The Morgan fingerprint density at radius 2 is 1.30 bits per heavy atom. The van der Waals surface area contributed by atoms with E-state index in [0.717, 1.165) is 0 Å². The molecule has 3 heteroatoms. The molecule has 10 heavy (non-hydrogen) atoms. The molecule has 3 heterocycles. The lowest BCUT2D eigenvalue weighted by Gasteiger charge is -2.41. The molecule has 3 fully saturated rings. The Labute approximate surface area is 63.0 Å². The highest BCUT2D eigenvalue weighted by Gasteiger charge is 2.57. The number of hydrogen-bond donors (Lipinski definition) is 0. The van der Waals surface area contributed by atoms with E-state index in [-0.39, 0.29) is 0 Å². The van der Waals surface area contributed by atoms with Gasteiger partial charge in [-0.25, -0.2) is 0 Å². The summed E-state index contributed by atoms with van der Waals surface area (Å²) in [6.07, 6.45) is 1.53. The zero-order chi connectivity index (χ0) is 6.60. The van der Waals surface area contributed by atoms with Gasteiger partial charge in [0.15, 0.2) is 0 Å². The molecule has 0 N–H and O–H groups in total. The Morgan fingerprint density at radius 3 is 1.50 bits per heavy atom. The zero-order valence-electron chi connectivity index (χ0n) is 6.34. The fourth-order valence-corrected chi connectivity index (χ4v) is 7.58. The lowest BCUT2D eigenvalue weighted by molar-refractivity contribution is 0.382. The first-order valence-electron chi connectivity index (χ1n) is 4.42. The van der Waals surface area contributed by atoms with E-state index >= 15 is 0 Å². The van der Waals surface area contributed by atoms with Crippen molar-refractivity contribution in [2.24, 2.45) is 0 Å². The maximum absolute atomic E-state index is 2.83. The average Bonchev–Trinajstić information content (AvgIpc) is 2.37. The van der Waals surface area contributed by atoms with E-state index < -0.39 is 8.40 Å². The van der Waals surface area contributed by atoms with E-state index in [2.05, 4.69) is 9.13 Å². The van der Waals surface area contributed by atoms with Crippen LogP contribution in [-0.2, 0) is 0 Å². The molecular weight excluding hydrogens is 140 g/mol. The van der Waals surface area contributed by atoms with Crippen LogP contribution in [0.4, 0.5) is 0 Å². The van der Waals surface area contributed by atoms with Gasteiger partial charge in [0, 0.05) is 26.2 Å². The van der Waals surface area contributed by atoms with Gasteiger partial charge in [-0.1, -0.05) is 6.42 Å². The van der Waals surface area contributed by atoms with Gasteiger partial charge in [-0.2, -0.15) is 0 Å². The SMILES string of the molecule is C1C[Si]2(C1)N1CCN2CC1. The fourth-order valence-electron chi connectivity index (χ4n) is 2.86. The van der Waals surface area contributed by atoms with E-state index in [0.29, 0.717) is 0 Å². The number of hydrogen-bond acceptors (Lipinski definition) is 2. The summed E-state index contributed by atoms with van der Waals surface area (Å²) in [4.78, 5) is 0. The highest BCUT2D eigenvalue weighted by molar-refractivity contribution is 6.78. The molecule has 0 unspecified atom stereocenters. The standard InChI is InChI=1S/C7H14N2Si/c1-6-10(7-1)8-2-3-9(10)5-4-8/h1-7H2. The van der Waals surface area contributed by atoms with Crippen molar-refractivity contribution in [3.8, 4) is 0 Å². The highest BCUT2D eigenvalue weighted by atomic mass is 28.4. The molecule has 0 aliphatic carbocycles. The highest BCUT2D eigenvalue weighted by Crippen LogP contribution is 2.43. The Kier molecular flexibility index (Phi) is 0.949. The second-order valence-corrected chi connectivity index (χ2v) is 8.04. The third kappa shape index (κ3) is 0.456. The number of nitrogens with zero attached hydrogens (tertiary/aromatic N) is 2. The van der Waals surface area contributed by atoms with E-state index in [1.54, 1.807) is 12.1 Å². The average molecular weight is 154 g/mol. The van der Waals surface area contributed by atoms with Crippen LogP contribution in [0.5, 0.6) is 0 Å². The predicted molar refractivity (Wildman–Crippen MR) is 43.1 cm³/mol. The molecule has 0 aromatic heterocycles. The fraction of sp³-hybridized carbons (Fsp3) is 1.00. The van der Waals surface area contributed by atoms with Crippen LogP contribution in [0.15, 0.2) is 0 Å². The van der Waals surface area contributed by atoms with E-state index in [9.17, 15) is 0 Å². The third-order valence-corrected chi connectivity index (χ3v) is 9.17. The van der Waals surface area contributed by atoms with Gasteiger partial charge in [0.2, 0.25) is 8.40 Å².